The molecule has 0 aliphatic carbocycles. The van der Waals surface area contributed by atoms with E-state index in [-0.39, 0.29) is 12.5 Å². The number of piperazine rings is 1. The van der Waals surface area contributed by atoms with Gasteiger partial charge in [-0.2, -0.15) is 0 Å². The largest absolute Gasteiger partial charge is 0.354 e. The highest BCUT2D eigenvalue weighted by Crippen LogP contribution is 2.17. The number of rotatable bonds is 23. The summed E-state index contributed by atoms with van der Waals surface area (Å²) in [7, 11) is 0. The van der Waals surface area contributed by atoms with Gasteiger partial charge in [-0.3, -0.25) is 9.69 Å². The van der Waals surface area contributed by atoms with E-state index in [0.29, 0.717) is 11.6 Å². The lowest BCUT2D eigenvalue weighted by Crippen LogP contribution is -2.49. The number of pyridine rings is 1. The summed E-state index contributed by atoms with van der Waals surface area (Å²) in [5.74, 6) is 0.940. The fourth-order valence-electron chi connectivity index (χ4n) is 5.33. The van der Waals surface area contributed by atoms with Crippen LogP contribution in [-0.4, -0.2) is 66.3 Å². The molecule has 1 aliphatic rings. The highest BCUT2D eigenvalue weighted by Gasteiger charge is 2.21. The summed E-state index contributed by atoms with van der Waals surface area (Å²) in [5.41, 5.74) is 0.641. The number of hydrogen-bond donors (Lipinski definition) is 1. The van der Waals surface area contributed by atoms with Gasteiger partial charge < -0.3 is 15.1 Å². The van der Waals surface area contributed by atoms with Gasteiger partial charge in [0, 0.05) is 45.0 Å². The molecule has 0 bridgehead atoms. The van der Waals surface area contributed by atoms with Crippen LogP contribution < -0.4 is 10.2 Å². The molecule has 1 fully saturated rings. The maximum atomic E-state index is 12.5. The van der Waals surface area contributed by atoms with Crippen molar-refractivity contribution >= 4 is 11.7 Å². The Labute approximate surface area is 242 Å². The summed E-state index contributed by atoms with van der Waals surface area (Å²) >= 11 is 0. The Hall–Kier alpha value is -2.42. The van der Waals surface area contributed by atoms with Crippen molar-refractivity contribution < 1.29 is 14.7 Å². The van der Waals surface area contributed by atoms with Crippen LogP contribution in [0.2, 0.25) is 0 Å². The van der Waals surface area contributed by atoms with Crippen LogP contribution >= 0.6 is 0 Å². The monoisotopic (exact) mass is 561 g/mol. The number of hydrogen-bond acceptors (Lipinski definition) is 7. The minimum absolute atomic E-state index is 0.0251. The Morgan fingerprint density at radius 2 is 1.43 bits per heavy atom. The van der Waals surface area contributed by atoms with Crippen LogP contribution in [-0.2, 0) is 4.84 Å². The number of aromatic nitrogens is 1. The van der Waals surface area contributed by atoms with Crippen molar-refractivity contribution in [3.63, 3.8) is 0 Å². The minimum Gasteiger partial charge on any atom is -0.354 e. The van der Waals surface area contributed by atoms with Crippen molar-refractivity contribution in [2.75, 3.05) is 44.2 Å². The maximum Gasteiger partial charge on any atom is 0.294 e. The lowest BCUT2D eigenvalue weighted by Gasteiger charge is -2.38. The highest BCUT2D eigenvalue weighted by molar-refractivity contribution is 5.94. The quantitative estimate of drug-likeness (QED) is 0.0891. The number of amides is 1. The third kappa shape index (κ3) is 14.8. The van der Waals surface area contributed by atoms with E-state index >= 15 is 0 Å². The Morgan fingerprint density at radius 3 is 1.90 bits per heavy atom. The molecule has 0 aromatic carbocycles. The Bertz CT molecular complexity index is 799. The number of carbonyl (C=O) groups is 1. The van der Waals surface area contributed by atoms with Crippen LogP contribution in [0.25, 0.3) is 0 Å². The molecule has 2 rings (SSSR count). The Morgan fingerprint density at radius 1 is 0.900 bits per heavy atom. The van der Waals surface area contributed by atoms with E-state index in [9.17, 15) is 14.9 Å². The number of unbranched alkanes of at least 4 members (excludes halogenated alkanes) is 14. The third-order valence-electron chi connectivity index (χ3n) is 8.17. The number of nitrogens with zero attached hydrogens (tertiary/aromatic N) is 4. The normalized spacial score (nSPS) is 14.7. The molecule has 1 amide bonds. The van der Waals surface area contributed by atoms with Gasteiger partial charge in [0.25, 0.3) is 11.0 Å². The molecule has 1 atom stereocenters. The van der Waals surface area contributed by atoms with Crippen LogP contribution in [0.3, 0.4) is 0 Å². The zero-order chi connectivity index (χ0) is 28.8. The van der Waals surface area contributed by atoms with E-state index in [4.69, 9.17) is 0 Å². The van der Waals surface area contributed by atoms with Crippen molar-refractivity contribution in [3.05, 3.63) is 34.0 Å². The maximum absolute atomic E-state index is 12.5. The fraction of sp³-hybridized carbons (Fsp3) is 0.806. The fourth-order valence-corrected chi connectivity index (χ4v) is 5.33. The smallest absolute Gasteiger partial charge is 0.294 e. The first-order chi connectivity index (χ1) is 19.5. The van der Waals surface area contributed by atoms with Gasteiger partial charge in [0.05, 0.1) is 12.2 Å². The average Bonchev–Trinajstić information content (AvgIpc) is 2.97. The molecule has 1 aromatic rings. The van der Waals surface area contributed by atoms with E-state index in [0.717, 1.165) is 70.6 Å². The molecule has 228 valence electrons. The molecular weight excluding hydrogens is 506 g/mol. The SMILES string of the molecule is CCC(C)N1CCN(c2ccc(C(=O)NCCCCCCCCCCCCCCCCCO[N+](=O)[O-])cn2)CC1. The molecule has 9 nitrogen and oxygen atoms in total. The van der Waals surface area contributed by atoms with Gasteiger partial charge in [-0.1, -0.05) is 90.4 Å². The second-order valence-corrected chi connectivity index (χ2v) is 11.3. The van der Waals surface area contributed by atoms with Crippen LogP contribution in [0, 0.1) is 10.1 Å². The molecule has 0 radical (unpaired) electrons. The average molecular weight is 562 g/mol. The van der Waals surface area contributed by atoms with Gasteiger partial charge in [-0.15, -0.1) is 10.1 Å². The summed E-state index contributed by atoms with van der Waals surface area (Å²) in [4.78, 5) is 36.3. The van der Waals surface area contributed by atoms with E-state index in [1.54, 1.807) is 6.20 Å². The topological polar surface area (TPSA) is 101 Å². The molecule has 1 N–H and O–H groups in total. The Kier molecular flexibility index (Phi) is 18.0. The standard InChI is InChI=1S/C31H55N5O4/c1-3-28(2)34-22-24-35(25-23-34)30-20-19-29(27-33-30)31(37)32-21-17-15-13-11-9-7-5-4-6-8-10-12-14-16-18-26-40-36(38)39/h19-20,27-28H,3-18,21-26H2,1-2H3,(H,32,37). The van der Waals surface area contributed by atoms with E-state index in [2.05, 4.69) is 38.8 Å². The van der Waals surface area contributed by atoms with Crippen LogP contribution in [0.15, 0.2) is 18.3 Å². The van der Waals surface area contributed by atoms with E-state index in [1.165, 1.54) is 70.6 Å². The van der Waals surface area contributed by atoms with Crippen molar-refractivity contribution in [3.8, 4) is 0 Å². The summed E-state index contributed by atoms with van der Waals surface area (Å²) in [5, 5.41) is 12.4. The lowest BCUT2D eigenvalue weighted by molar-refractivity contribution is -0.757. The number of anilines is 1. The summed E-state index contributed by atoms with van der Waals surface area (Å²) < 4.78 is 0. The van der Waals surface area contributed by atoms with Gasteiger partial charge in [-0.05, 0) is 38.3 Å². The molecule has 1 aromatic heterocycles. The van der Waals surface area contributed by atoms with Gasteiger partial charge in [-0.25, -0.2) is 4.98 Å². The minimum atomic E-state index is -0.711. The highest BCUT2D eigenvalue weighted by atomic mass is 16.9. The number of nitrogens with one attached hydrogen (secondary N) is 1. The molecule has 40 heavy (non-hydrogen) atoms. The second-order valence-electron chi connectivity index (χ2n) is 11.3. The zero-order valence-corrected chi connectivity index (χ0v) is 25.3. The Balaban J connectivity index is 1.37. The first kappa shape index (κ1) is 33.8. The van der Waals surface area contributed by atoms with Crippen molar-refractivity contribution in [1.29, 1.82) is 0 Å². The molecule has 1 unspecified atom stereocenters. The van der Waals surface area contributed by atoms with Crippen molar-refractivity contribution in [1.82, 2.24) is 15.2 Å². The molecule has 9 heteroatoms. The molecule has 0 spiro atoms. The van der Waals surface area contributed by atoms with E-state index in [1.807, 2.05) is 12.1 Å². The van der Waals surface area contributed by atoms with Crippen LogP contribution in [0.4, 0.5) is 5.82 Å². The first-order valence-electron chi connectivity index (χ1n) is 16.0. The van der Waals surface area contributed by atoms with E-state index < -0.39 is 5.09 Å². The van der Waals surface area contributed by atoms with Crippen molar-refractivity contribution in [2.24, 2.45) is 0 Å². The zero-order valence-electron chi connectivity index (χ0n) is 25.3. The number of carbonyl (C=O) groups excluding carboxylic acids is 1. The van der Waals surface area contributed by atoms with Crippen LogP contribution in [0.5, 0.6) is 0 Å². The summed E-state index contributed by atoms with van der Waals surface area (Å²) in [6.45, 7) is 9.60. The third-order valence-corrected chi connectivity index (χ3v) is 8.17. The molecule has 1 aliphatic heterocycles. The van der Waals surface area contributed by atoms with Gasteiger partial charge >= 0.3 is 0 Å². The molecule has 2 heterocycles. The molecule has 1 saturated heterocycles. The van der Waals surface area contributed by atoms with Crippen molar-refractivity contribution in [2.45, 2.75) is 123 Å². The van der Waals surface area contributed by atoms with Crippen LogP contribution in [0.1, 0.15) is 127 Å². The summed E-state index contributed by atoms with van der Waals surface area (Å²) in [6, 6.07) is 4.52. The lowest BCUT2D eigenvalue weighted by atomic mass is 10.0. The predicted octanol–water partition coefficient (Wildman–Crippen LogP) is 6.79. The van der Waals surface area contributed by atoms with Gasteiger partial charge in [0.2, 0.25) is 0 Å². The molecular formula is C31H55N5O4. The first-order valence-corrected chi connectivity index (χ1v) is 16.0. The van der Waals surface area contributed by atoms with Gasteiger partial charge in [0.15, 0.2) is 0 Å². The predicted molar refractivity (Wildman–Crippen MR) is 162 cm³/mol. The second kappa shape index (κ2) is 21.3. The summed E-state index contributed by atoms with van der Waals surface area (Å²) in [6.07, 6.45) is 20.9. The molecule has 0 saturated carbocycles. The van der Waals surface area contributed by atoms with Gasteiger partial charge in [0.1, 0.15) is 5.82 Å².